The Balaban J connectivity index is 1.98. The Morgan fingerprint density at radius 1 is 1.18 bits per heavy atom. The number of nitrogens with zero attached hydrogens (tertiary/aromatic N) is 2. The Kier molecular flexibility index (Phi) is 3.72. The van der Waals surface area contributed by atoms with E-state index in [0.717, 1.165) is 10.6 Å². The Bertz CT molecular complexity index is 500. The van der Waals surface area contributed by atoms with E-state index in [-0.39, 0.29) is 5.69 Å². The third-order valence-electron chi connectivity index (χ3n) is 2.15. The normalized spacial score (nSPS) is 10.1. The molecule has 0 atom stereocenters. The smallest absolute Gasteiger partial charge is 0.258 e. The van der Waals surface area contributed by atoms with Crippen molar-refractivity contribution < 1.29 is 4.92 Å². The molecule has 17 heavy (non-hydrogen) atoms. The van der Waals surface area contributed by atoms with Gasteiger partial charge in [0.15, 0.2) is 0 Å². The summed E-state index contributed by atoms with van der Waals surface area (Å²) in [6.45, 7) is 0. The molecule has 0 saturated carbocycles. The van der Waals surface area contributed by atoms with Crippen LogP contribution in [-0.4, -0.2) is 9.91 Å². The molecule has 1 heterocycles. The van der Waals surface area contributed by atoms with Gasteiger partial charge in [-0.1, -0.05) is 18.2 Å². The number of nitro groups is 1. The van der Waals surface area contributed by atoms with Crippen LogP contribution in [0.2, 0.25) is 0 Å². The lowest BCUT2D eigenvalue weighted by atomic mass is 10.3. The van der Waals surface area contributed by atoms with E-state index in [9.17, 15) is 10.1 Å². The summed E-state index contributed by atoms with van der Waals surface area (Å²) in [6, 6.07) is 13.1. The Labute approximate surface area is 103 Å². The minimum atomic E-state index is -0.443. The number of hydrogen-bond acceptors (Lipinski definition) is 4. The van der Waals surface area contributed by atoms with E-state index < -0.39 is 4.92 Å². The summed E-state index contributed by atoms with van der Waals surface area (Å²) in [4.78, 5) is 15.2. The van der Waals surface area contributed by atoms with Crippen LogP contribution in [0.25, 0.3) is 0 Å². The maximum Gasteiger partial charge on any atom is 0.287 e. The van der Waals surface area contributed by atoms with E-state index in [1.807, 2.05) is 30.3 Å². The maximum atomic E-state index is 10.5. The highest BCUT2D eigenvalue weighted by atomic mass is 32.2. The average molecular weight is 246 g/mol. The summed E-state index contributed by atoms with van der Waals surface area (Å²) in [5.41, 5.74) is 0.864. The Morgan fingerprint density at radius 3 is 2.53 bits per heavy atom. The predicted octanol–water partition coefficient (Wildman–Crippen LogP) is 3.28. The molecular formula is C12H10N2O2S. The number of pyridine rings is 1. The fourth-order valence-corrected chi connectivity index (χ4v) is 2.12. The molecule has 2 rings (SSSR count). The van der Waals surface area contributed by atoms with Crippen LogP contribution in [0.3, 0.4) is 0 Å². The number of aromatic nitrogens is 1. The van der Waals surface area contributed by atoms with Crippen LogP contribution >= 0.6 is 11.8 Å². The molecule has 0 aliphatic carbocycles. The van der Waals surface area contributed by atoms with Gasteiger partial charge in [-0.3, -0.25) is 15.1 Å². The lowest BCUT2D eigenvalue weighted by Gasteiger charge is -2.00. The van der Waals surface area contributed by atoms with Crippen molar-refractivity contribution in [2.24, 2.45) is 0 Å². The molecule has 1 aromatic carbocycles. The van der Waals surface area contributed by atoms with Gasteiger partial charge in [-0.25, -0.2) is 0 Å². The quantitative estimate of drug-likeness (QED) is 0.472. The monoisotopic (exact) mass is 246 g/mol. The van der Waals surface area contributed by atoms with Gasteiger partial charge >= 0.3 is 0 Å². The van der Waals surface area contributed by atoms with Gasteiger partial charge in [0.2, 0.25) is 0 Å². The van der Waals surface area contributed by atoms with Crippen LogP contribution in [0.5, 0.6) is 0 Å². The SMILES string of the molecule is O=[N+]([O-])c1ccc(CSc2ccccc2)nc1. The van der Waals surface area contributed by atoms with E-state index >= 15 is 0 Å². The average Bonchev–Trinajstić information content (AvgIpc) is 2.38. The first-order valence-corrected chi connectivity index (χ1v) is 6.01. The lowest BCUT2D eigenvalue weighted by Crippen LogP contribution is -1.91. The number of benzene rings is 1. The highest BCUT2D eigenvalue weighted by Crippen LogP contribution is 2.21. The predicted molar refractivity (Wildman–Crippen MR) is 66.9 cm³/mol. The summed E-state index contributed by atoms with van der Waals surface area (Å²) < 4.78 is 0. The molecule has 0 radical (unpaired) electrons. The second kappa shape index (κ2) is 5.45. The van der Waals surface area contributed by atoms with Gasteiger partial charge in [-0.2, -0.15) is 0 Å². The van der Waals surface area contributed by atoms with Gasteiger partial charge in [0, 0.05) is 16.7 Å². The Morgan fingerprint density at radius 2 is 1.94 bits per heavy atom. The molecule has 0 bridgehead atoms. The molecule has 0 N–H and O–H groups in total. The molecule has 0 spiro atoms. The molecule has 0 aliphatic rings. The van der Waals surface area contributed by atoms with Crippen LogP contribution in [0.1, 0.15) is 5.69 Å². The highest BCUT2D eigenvalue weighted by Gasteiger charge is 2.05. The highest BCUT2D eigenvalue weighted by molar-refractivity contribution is 7.98. The molecule has 0 unspecified atom stereocenters. The number of thioether (sulfide) groups is 1. The lowest BCUT2D eigenvalue weighted by molar-refractivity contribution is -0.385. The first kappa shape index (κ1) is 11.6. The molecule has 0 fully saturated rings. The van der Waals surface area contributed by atoms with E-state index in [0.29, 0.717) is 5.75 Å². The summed E-state index contributed by atoms with van der Waals surface area (Å²) in [7, 11) is 0. The zero-order valence-electron chi connectivity index (χ0n) is 8.95. The Hall–Kier alpha value is -1.88. The fourth-order valence-electron chi connectivity index (χ4n) is 1.28. The zero-order valence-corrected chi connectivity index (χ0v) is 9.76. The minimum absolute atomic E-state index is 0.0264. The van der Waals surface area contributed by atoms with Gasteiger partial charge in [-0.15, -0.1) is 11.8 Å². The third-order valence-corrected chi connectivity index (χ3v) is 3.20. The van der Waals surface area contributed by atoms with Crippen LogP contribution in [0.4, 0.5) is 5.69 Å². The second-order valence-corrected chi connectivity index (χ2v) is 4.42. The van der Waals surface area contributed by atoms with Crippen molar-refractivity contribution in [2.45, 2.75) is 10.6 Å². The molecular weight excluding hydrogens is 236 g/mol. The topological polar surface area (TPSA) is 56.0 Å². The van der Waals surface area contributed by atoms with Crippen LogP contribution < -0.4 is 0 Å². The second-order valence-electron chi connectivity index (χ2n) is 3.37. The van der Waals surface area contributed by atoms with Crippen molar-refractivity contribution in [2.75, 3.05) is 0 Å². The standard InChI is InChI=1S/C12H10N2O2S/c15-14(16)11-7-6-10(13-8-11)9-17-12-4-2-1-3-5-12/h1-8H,9H2. The van der Waals surface area contributed by atoms with E-state index in [1.54, 1.807) is 17.8 Å². The summed E-state index contributed by atoms with van der Waals surface area (Å²) in [5.74, 6) is 0.710. The van der Waals surface area contributed by atoms with Gasteiger partial charge in [0.25, 0.3) is 5.69 Å². The maximum absolute atomic E-state index is 10.5. The number of hydrogen-bond donors (Lipinski definition) is 0. The van der Waals surface area contributed by atoms with Gasteiger partial charge in [0.1, 0.15) is 6.20 Å². The molecule has 5 heteroatoms. The van der Waals surface area contributed by atoms with Crippen molar-refractivity contribution in [3.05, 3.63) is 64.5 Å². The van der Waals surface area contributed by atoms with Crippen molar-refractivity contribution >= 4 is 17.4 Å². The summed E-state index contributed by atoms with van der Waals surface area (Å²) >= 11 is 1.66. The molecule has 2 aromatic rings. The first-order valence-electron chi connectivity index (χ1n) is 5.03. The molecule has 0 saturated heterocycles. The minimum Gasteiger partial charge on any atom is -0.258 e. The molecule has 1 aromatic heterocycles. The van der Waals surface area contributed by atoms with Crippen molar-refractivity contribution in [3.8, 4) is 0 Å². The fraction of sp³-hybridized carbons (Fsp3) is 0.0833. The third kappa shape index (κ3) is 3.29. The molecule has 0 amide bonds. The van der Waals surface area contributed by atoms with Crippen LogP contribution in [0, 0.1) is 10.1 Å². The zero-order chi connectivity index (χ0) is 12.1. The van der Waals surface area contributed by atoms with Gasteiger partial charge in [-0.05, 0) is 18.2 Å². The first-order chi connectivity index (χ1) is 8.25. The molecule has 4 nitrogen and oxygen atoms in total. The van der Waals surface area contributed by atoms with Gasteiger partial charge < -0.3 is 0 Å². The van der Waals surface area contributed by atoms with Crippen molar-refractivity contribution in [3.63, 3.8) is 0 Å². The molecule has 0 aliphatic heterocycles. The number of rotatable bonds is 4. The van der Waals surface area contributed by atoms with Crippen LogP contribution in [0.15, 0.2) is 53.6 Å². The van der Waals surface area contributed by atoms with Crippen LogP contribution in [-0.2, 0) is 5.75 Å². The van der Waals surface area contributed by atoms with E-state index in [4.69, 9.17) is 0 Å². The summed E-state index contributed by atoms with van der Waals surface area (Å²) in [6.07, 6.45) is 1.29. The van der Waals surface area contributed by atoms with E-state index in [1.165, 1.54) is 12.3 Å². The summed E-state index contributed by atoms with van der Waals surface area (Å²) in [5, 5.41) is 10.5. The molecule has 86 valence electrons. The van der Waals surface area contributed by atoms with E-state index in [2.05, 4.69) is 4.98 Å². The van der Waals surface area contributed by atoms with Crippen molar-refractivity contribution in [1.82, 2.24) is 4.98 Å². The van der Waals surface area contributed by atoms with Crippen molar-refractivity contribution in [1.29, 1.82) is 0 Å². The van der Waals surface area contributed by atoms with Gasteiger partial charge in [0.05, 0.1) is 10.6 Å². The largest absolute Gasteiger partial charge is 0.287 e.